The normalized spacial score (nSPS) is 15.5. The molecule has 2 nitrogen and oxygen atoms in total. The first kappa shape index (κ1) is 17.9. The van der Waals surface area contributed by atoms with Crippen LogP contribution in [0.25, 0.3) is 6.08 Å². The fourth-order valence-corrected chi connectivity index (χ4v) is 2.70. The molecule has 2 heteroatoms. The zero-order valence-corrected chi connectivity index (χ0v) is 15.4. The fourth-order valence-electron chi connectivity index (χ4n) is 2.70. The second-order valence-corrected chi connectivity index (χ2v) is 8.32. The zero-order valence-electron chi connectivity index (χ0n) is 15.4. The molecule has 1 aliphatic carbocycles. The molecule has 0 aliphatic heterocycles. The molecule has 1 aromatic rings. The zero-order chi connectivity index (χ0) is 18.1. The van der Waals surface area contributed by atoms with Crippen molar-refractivity contribution in [3.05, 3.63) is 64.3 Å². The largest absolute Gasteiger partial charge is 0.289 e. The summed E-state index contributed by atoms with van der Waals surface area (Å²) in [6.07, 6.45) is 6.05. The second-order valence-electron chi connectivity index (χ2n) is 8.32. The first-order valence-electron chi connectivity index (χ1n) is 8.23. The van der Waals surface area contributed by atoms with Crippen molar-refractivity contribution in [1.82, 2.24) is 0 Å². The minimum absolute atomic E-state index is 0.145. The predicted octanol–water partition coefficient (Wildman–Crippen LogP) is 5.47. The van der Waals surface area contributed by atoms with E-state index >= 15 is 0 Å². The van der Waals surface area contributed by atoms with Gasteiger partial charge in [-0.1, -0.05) is 53.7 Å². The van der Waals surface area contributed by atoms with Gasteiger partial charge >= 0.3 is 0 Å². The van der Waals surface area contributed by atoms with E-state index < -0.39 is 0 Å². The number of carbonyl (C=O) groups is 1. The van der Waals surface area contributed by atoms with Gasteiger partial charge in [-0.25, -0.2) is 0 Å². The first-order valence-corrected chi connectivity index (χ1v) is 8.23. The summed E-state index contributed by atoms with van der Waals surface area (Å²) in [5, 5.41) is 8.91. The van der Waals surface area contributed by atoms with Gasteiger partial charge in [0.05, 0.1) is 11.6 Å². The summed E-state index contributed by atoms with van der Waals surface area (Å²) in [6.45, 7) is 12.4. The van der Waals surface area contributed by atoms with Gasteiger partial charge in [-0.15, -0.1) is 0 Å². The maximum atomic E-state index is 12.9. The predicted molar refractivity (Wildman–Crippen MR) is 99.2 cm³/mol. The summed E-state index contributed by atoms with van der Waals surface area (Å²) in [5.41, 5.74) is 3.97. The molecule has 24 heavy (non-hydrogen) atoms. The Balaban J connectivity index is 2.55. The number of rotatable bonds is 1. The van der Waals surface area contributed by atoms with Crippen LogP contribution in [0.15, 0.2) is 53.1 Å². The molecule has 0 saturated heterocycles. The maximum absolute atomic E-state index is 12.9. The Morgan fingerprint density at radius 2 is 1.33 bits per heavy atom. The summed E-state index contributed by atoms with van der Waals surface area (Å²) < 4.78 is 0. The van der Waals surface area contributed by atoms with Gasteiger partial charge in [-0.05, 0) is 52.3 Å². The summed E-state index contributed by atoms with van der Waals surface area (Å²) in [4.78, 5) is 12.9. The SMILES string of the molecule is CC(C)(C)C1=CC(=Cc2ccc(C#N)cc2)C=C(C(C)(C)C)C1=O. The Kier molecular flexibility index (Phi) is 4.67. The molecule has 2 rings (SSSR count). The minimum Gasteiger partial charge on any atom is -0.289 e. The Labute approximate surface area is 145 Å². The highest BCUT2D eigenvalue weighted by Gasteiger charge is 2.33. The molecule has 0 unspecified atom stereocenters. The molecule has 0 radical (unpaired) electrons. The van der Waals surface area contributed by atoms with Gasteiger partial charge < -0.3 is 0 Å². The van der Waals surface area contributed by atoms with Crippen LogP contribution < -0.4 is 0 Å². The van der Waals surface area contributed by atoms with Crippen LogP contribution in [0.2, 0.25) is 0 Å². The van der Waals surface area contributed by atoms with E-state index in [9.17, 15) is 4.79 Å². The lowest BCUT2D eigenvalue weighted by molar-refractivity contribution is -0.114. The summed E-state index contributed by atoms with van der Waals surface area (Å²) in [6, 6.07) is 9.60. The Bertz CT molecular complexity index is 746. The topological polar surface area (TPSA) is 40.9 Å². The molecule has 0 bridgehead atoms. The third-order valence-electron chi connectivity index (χ3n) is 4.10. The van der Waals surface area contributed by atoms with Gasteiger partial charge in [0.1, 0.15) is 0 Å². The molecule has 1 aromatic carbocycles. The molecule has 1 aliphatic rings. The van der Waals surface area contributed by atoms with Crippen LogP contribution in [-0.4, -0.2) is 5.78 Å². The van der Waals surface area contributed by atoms with E-state index in [2.05, 4.69) is 53.7 Å². The van der Waals surface area contributed by atoms with Crippen molar-refractivity contribution in [2.45, 2.75) is 41.5 Å². The Morgan fingerprint density at radius 1 is 0.875 bits per heavy atom. The quantitative estimate of drug-likeness (QED) is 0.688. The summed E-state index contributed by atoms with van der Waals surface area (Å²) >= 11 is 0. The van der Waals surface area contributed by atoms with Crippen molar-refractivity contribution in [1.29, 1.82) is 5.26 Å². The number of hydrogen-bond acceptors (Lipinski definition) is 2. The number of nitriles is 1. The Morgan fingerprint density at radius 3 is 1.71 bits per heavy atom. The van der Waals surface area contributed by atoms with Gasteiger partial charge in [0, 0.05) is 11.1 Å². The van der Waals surface area contributed by atoms with E-state index in [1.807, 2.05) is 36.4 Å². The van der Waals surface area contributed by atoms with Crippen LogP contribution in [0.5, 0.6) is 0 Å². The van der Waals surface area contributed by atoms with Gasteiger partial charge in [0.15, 0.2) is 5.78 Å². The standard InChI is InChI=1S/C22H25NO/c1-21(2,3)18-12-17(13-19(20(18)24)22(4,5)6)11-15-7-9-16(14-23)10-8-15/h7-13H,1-6H3. The molecule has 0 aromatic heterocycles. The van der Waals surface area contributed by atoms with E-state index in [1.165, 1.54) is 0 Å². The average molecular weight is 319 g/mol. The van der Waals surface area contributed by atoms with Crippen LogP contribution in [0.3, 0.4) is 0 Å². The van der Waals surface area contributed by atoms with E-state index in [0.29, 0.717) is 5.56 Å². The van der Waals surface area contributed by atoms with Crippen molar-refractivity contribution in [3.8, 4) is 6.07 Å². The molecule has 0 heterocycles. The lowest BCUT2D eigenvalue weighted by Gasteiger charge is -2.31. The van der Waals surface area contributed by atoms with Crippen molar-refractivity contribution in [2.75, 3.05) is 0 Å². The van der Waals surface area contributed by atoms with Crippen LogP contribution >= 0.6 is 0 Å². The van der Waals surface area contributed by atoms with E-state index in [4.69, 9.17) is 5.26 Å². The molecule has 0 fully saturated rings. The molecule has 0 saturated carbocycles. The van der Waals surface area contributed by atoms with E-state index in [-0.39, 0.29) is 16.6 Å². The summed E-state index contributed by atoms with van der Waals surface area (Å²) in [7, 11) is 0. The van der Waals surface area contributed by atoms with E-state index in [1.54, 1.807) is 0 Å². The Hall–Kier alpha value is -2.40. The molecular weight excluding hydrogens is 294 g/mol. The maximum Gasteiger partial charge on any atom is 0.186 e. The molecule has 0 spiro atoms. The van der Waals surface area contributed by atoms with Crippen molar-refractivity contribution in [3.63, 3.8) is 0 Å². The third kappa shape index (κ3) is 3.92. The van der Waals surface area contributed by atoms with Crippen LogP contribution in [-0.2, 0) is 4.79 Å². The highest BCUT2D eigenvalue weighted by atomic mass is 16.1. The van der Waals surface area contributed by atoms with Crippen LogP contribution in [0, 0.1) is 22.2 Å². The second kappa shape index (κ2) is 6.24. The highest BCUT2D eigenvalue weighted by molar-refractivity contribution is 6.12. The van der Waals surface area contributed by atoms with Crippen molar-refractivity contribution < 1.29 is 4.79 Å². The van der Waals surface area contributed by atoms with Crippen LogP contribution in [0.4, 0.5) is 0 Å². The highest BCUT2D eigenvalue weighted by Crippen LogP contribution is 2.39. The third-order valence-corrected chi connectivity index (χ3v) is 4.10. The van der Waals surface area contributed by atoms with Crippen molar-refractivity contribution >= 4 is 11.9 Å². The lowest BCUT2D eigenvalue weighted by Crippen LogP contribution is -2.27. The number of ketones is 1. The molecular formula is C22H25NO. The summed E-state index contributed by atoms with van der Waals surface area (Å²) in [5.74, 6) is 0.145. The fraction of sp³-hybridized carbons (Fsp3) is 0.364. The number of hydrogen-bond donors (Lipinski definition) is 0. The number of Topliss-reactive ketones (excluding diaryl/α,β-unsaturated/α-hetero) is 1. The number of carbonyl (C=O) groups excluding carboxylic acids is 1. The van der Waals surface area contributed by atoms with Crippen LogP contribution in [0.1, 0.15) is 52.7 Å². The molecule has 0 amide bonds. The smallest absolute Gasteiger partial charge is 0.186 e. The van der Waals surface area contributed by atoms with Crippen molar-refractivity contribution in [2.24, 2.45) is 10.8 Å². The number of benzene rings is 1. The molecule has 0 N–H and O–H groups in total. The van der Waals surface area contributed by atoms with Gasteiger partial charge in [-0.2, -0.15) is 5.26 Å². The minimum atomic E-state index is -0.203. The molecule has 124 valence electrons. The van der Waals surface area contributed by atoms with Gasteiger partial charge in [0.2, 0.25) is 0 Å². The number of allylic oxidation sites excluding steroid dienone is 5. The van der Waals surface area contributed by atoms with E-state index in [0.717, 1.165) is 22.3 Å². The van der Waals surface area contributed by atoms with Gasteiger partial charge in [0.25, 0.3) is 0 Å². The van der Waals surface area contributed by atoms with Gasteiger partial charge in [-0.3, -0.25) is 4.79 Å². The monoisotopic (exact) mass is 319 g/mol. The number of nitrogens with zero attached hydrogens (tertiary/aromatic N) is 1. The molecule has 0 atom stereocenters. The average Bonchev–Trinajstić information content (AvgIpc) is 2.47. The lowest BCUT2D eigenvalue weighted by atomic mass is 9.72. The first-order chi connectivity index (χ1) is 11.0.